The molecular weight excluding hydrogens is 284 g/mol. The van der Waals surface area contributed by atoms with Crippen molar-refractivity contribution < 1.29 is 9.72 Å². The highest BCUT2D eigenvalue weighted by molar-refractivity contribution is 6.30. The topological polar surface area (TPSA) is 111 Å². The van der Waals surface area contributed by atoms with Crippen LogP contribution < -0.4 is 11.1 Å². The van der Waals surface area contributed by atoms with Gasteiger partial charge >= 0.3 is 0 Å². The molecule has 2 aromatic rings. The van der Waals surface area contributed by atoms with E-state index in [1.165, 1.54) is 24.4 Å². The Morgan fingerprint density at radius 2 is 2.10 bits per heavy atom. The lowest BCUT2D eigenvalue weighted by atomic mass is 10.1. The molecule has 0 bridgehead atoms. The largest absolute Gasteiger partial charge is 0.393 e. The number of anilines is 2. The second kappa shape index (κ2) is 5.54. The Hall–Kier alpha value is -2.67. The molecule has 1 aromatic heterocycles. The number of pyridine rings is 1. The number of rotatable bonds is 3. The van der Waals surface area contributed by atoms with Gasteiger partial charge in [-0.3, -0.25) is 14.9 Å². The first-order valence-electron chi connectivity index (χ1n) is 5.44. The SMILES string of the molecule is Nc1ccc(C(=O)Nc2ccc(Cl)cn2)cc1[N+](=O)[O-]. The van der Waals surface area contributed by atoms with Crippen molar-refractivity contribution in [3.8, 4) is 0 Å². The van der Waals surface area contributed by atoms with Gasteiger partial charge in [-0.1, -0.05) is 11.6 Å². The maximum absolute atomic E-state index is 11.9. The Labute approximate surface area is 118 Å². The molecule has 0 radical (unpaired) electrons. The molecule has 0 atom stereocenters. The minimum absolute atomic E-state index is 0.00355. The highest BCUT2D eigenvalue weighted by atomic mass is 35.5. The molecule has 0 fully saturated rings. The highest BCUT2D eigenvalue weighted by Crippen LogP contribution is 2.22. The van der Waals surface area contributed by atoms with Gasteiger partial charge in [0.15, 0.2) is 0 Å². The van der Waals surface area contributed by atoms with Crippen LogP contribution in [0.3, 0.4) is 0 Å². The molecule has 1 aromatic carbocycles. The van der Waals surface area contributed by atoms with Gasteiger partial charge in [-0.2, -0.15) is 0 Å². The number of nitro groups is 1. The molecule has 3 N–H and O–H groups in total. The number of nitrogen functional groups attached to an aromatic ring is 1. The van der Waals surface area contributed by atoms with E-state index in [2.05, 4.69) is 10.3 Å². The Kier molecular flexibility index (Phi) is 3.81. The van der Waals surface area contributed by atoms with E-state index < -0.39 is 10.8 Å². The average molecular weight is 293 g/mol. The van der Waals surface area contributed by atoms with Gasteiger partial charge in [0.05, 0.1) is 9.95 Å². The zero-order chi connectivity index (χ0) is 14.7. The first-order valence-corrected chi connectivity index (χ1v) is 5.82. The van der Waals surface area contributed by atoms with Gasteiger partial charge in [-0.25, -0.2) is 4.98 Å². The number of hydrogen-bond acceptors (Lipinski definition) is 5. The Balaban J connectivity index is 2.23. The standard InChI is InChI=1S/C12H9ClN4O3/c13-8-2-4-11(15-6-8)16-12(18)7-1-3-9(14)10(5-7)17(19)20/h1-6H,14H2,(H,15,16,18). The molecule has 7 nitrogen and oxygen atoms in total. The highest BCUT2D eigenvalue weighted by Gasteiger charge is 2.15. The Morgan fingerprint density at radius 1 is 1.35 bits per heavy atom. The number of carbonyl (C=O) groups excluding carboxylic acids is 1. The van der Waals surface area contributed by atoms with E-state index >= 15 is 0 Å². The number of nitro benzene ring substituents is 1. The summed E-state index contributed by atoms with van der Waals surface area (Å²) in [6.07, 6.45) is 1.38. The third-order valence-electron chi connectivity index (χ3n) is 2.46. The van der Waals surface area contributed by atoms with E-state index in [4.69, 9.17) is 17.3 Å². The maximum atomic E-state index is 11.9. The second-order valence-corrected chi connectivity index (χ2v) is 4.28. The Morgan fingerprint density at radius 3 is 2.70 bits per heavy atom. The molecule has 102 valence electrons. The van der Waals surface area contributed by atoms with Gasteiger partial charge in [0.2, 0.25) is 0 Å². The molecule has 1 amide bonds. The summed E-state index contributed by atoms with van der Waals surface area (Å²) < 4.78 is 0. The quantitative estimate of drug-likeness (QED) is 0.513. The summed E-state index contributed by atoms with van der Waals surface area (Å²) in [4.78, 5) is 25.9. The normalized spacial score (nSPS) is 10.1. The molecule has 0 unspecified atom stereocenters. The third-order valence-corrected chi connectivity index (χ3v) is 2.68. The number of amides is 1. The van der Waals surface area contributed by atoms with Crippen molar-refractivity contribution in [1.82, 2.24) is 4.98 Å². The molecule has 0 aliphatic heterocycles. The van der Waals surface area contributed by atoms with Gasteiger partial charge in [0.25, 0.3) is 11.6 Å². The van der Waals surface area contributed by atoms with Crippen molar-refractivity contribution in [2.24, 2.45) is 0 Å². The summed E-state index contributed by atoms with van der Waals surface area (Å²) in [5, 5.41) is 13.7. The second-order valence-electron chi connectivity index (χ2n) is 3.85. The van der Waals surface area contributed by atoms with Gasteiger partial charge < -0.3 is 11.1 Å². The number of nitrogens with two attached hydrogens (primary N) is 1. The van der Waals surface area contributed by atoms with E-state index in [-0.39, 0.29) is 16.9 Å². The minimum Gasteiger partial charge on any atom is -0.393 e. The number of nitrogens with zero attached hydrogens (tertiary/aromatic N) is 2. The molecule has 20 heavy (non-hydrogen) atoms. The van der Waals surface area contributed by atoms with E-state index in [0.717, 1.165) is 6.07 Å². The van der Waals surface area contributed by atoms with Crippen LogP contribution in [-0.2, 0) is 0 Å². The number of benzene rings is 1. The lowest BCUT2D eigenvalue weighted by molar-refractivity contribution is -0.383. The predicted octanol–water partition coefficient (Wildman–Crippen LogP) is 2.48. The van der Waals surface area contributed by atoms with E-state index in [1.807, 2.05) is 0 Å². The number of aromatic nitrogens is 1. The van der Waals surface area contributed by atoms with Crippen LogP contribution in [0, 0.1) is 10.1 Å². The lowest BCUT2D eigenvalue weighted by Crippen LogP contribution is -2.13. The minimum atomic E-state index is -0.646. The molecular formula is C12H9ClN4O3. The van der Waals surface area contributed by atoms with Crippen LogP contribution in [0.15, 0.2) is 36.5 Å². The summed E-state index contributed by atoms with van der Waals surface area (Å²) in [5.41, 5.74) is 5.25. The maximum Gasteiger partial charge on any atom is 0.292 e. The van der Waals surface area contributed by atoms with Crippen molar-refractivity contribution in [1.29, 1.82) is 0 Å². The fourth-order valence-electron chi connectivity index (χ4n) is 1.48. The molecule has 1 heterocycles. The zero-order valence-corrected chi connectivity index (χ0v) is 10.8. The molecule has 8 heteroatoms. The summed E-state index contributed by atoms with van der Waals surface area (Å²) >= 11 is 5.67. The summed E-state index contributed by atoms with van der Waals surface area (Å²) in [7, 11) is 0. The molecule has 0 spiro atoms. The summed E-state index contributed by atoms with van der Waals surface area (Å²) in [6, 6.07) is 6.90. The van der Waals surface area contributed by atoms with E-state index in [0.29, 0.717) is 10.8 Å². The third kappa shape index (κ3) is 3.01. The van der Waals surface area contributed by atoms with Gasteiger partial charge in [0, 0.05) is 17.8 Å². The van der Waals surface area contributed by atoms with Crippen LogP contribution >= 0.6 is 11.6 Å². The molecule has 0 aliphatic rings. The van der Waals surface area contributed by atoms with E-state index in [1.54, 1.807) is 6.07 Å². The van der Waals surface area contributed by atoms with E-state index in [9.17, 15) is 14.9 Å². The van der Waals surface area contributed by atoms with Crippen LogP contribution in [-0.4, -0.2) is 15.8 Å². The van der Waals surface area contributed by atoms with Crippen LogP contribution in [0.4, 0.5) is 17.2 Å². The van der Waals surface area contributed by atoms with Crippen molar-refractivity contribution in [2.45, 2.75) is 0 Å². The molecule has 0 saturated carbocycles. The summed E-state index contributed by atoms with van der Waals surface area (Å²) in [6.45, 7) is 0. The van der Waals surface area contributed by atoms with Gasteiger partial charge in [-0.15, -0.1) is 0 Å². The first-order chi connectivity index (χ1) is 9.47. The predicted molar refractivity (Wildman–Crippen MR) is 74.7 cm³/mol. The fourth-order valence-corrected chi connectivity index (χ4v) is 1.59. The zero-order valence-electron chi connectivity index (χ0n) is 10.0. The fraction of sp³-hybridized carbons (Fsp3) is 0. The van der Waals surface area contributed by atoms with Crippen LogP contribution in [0.2, 0.25) is 5.02 Å². The number of carbonyl (C=O) groups is 1. The van der Waals surface area contributed by atoms with Crippen LogP contribution in [0.25, 0.3) is 0 Å². The smallest absolute Gasteiger partial charge is 0.292 e. The van der Waals surface area contributed by atoms with Gasteiger partial charge in [0.1, 0.15) is 11.5 Å². The molecule has 2 rings (SSSR count). The van der Waals surface area contributed by atoms with Crippen molar-refractivity contribution in [2.75, 3.05) is 11.1 Å². The number of halogens is 1. The average Bonchev–Trinajstić information content (AvgIpc) is 2.41. The van der Waals surface area contributed by atoms with Crippen LogP contribution in [0.1, 0.15) is 10.4 Å². The summed E-state index contributed by atoms with van der Waals surface area (Å²) in [5.74, 6) is -0.234. The first kappa shape index (κ1) is 13.8. The van der Waals surface area contributed by atoms with Crippen molar-refractivity contribution in [3.63, 3.8) is 0 Å². The molecule has 0 saturated heterocycles. The number of hydrogen-bond donors (Lipinski definition) is 2. The van der Waals surface area contributed by atoms with Crippen molar-refractivity contribution in [3.05, 3.63) is 57.2 Å². The van der Waals surface area contributed by atoms with Gasteiger partial charge in [-0.05, 0) is 24.3 Å². The van der Waals surface area contributed by atoms with Crippen LogP contribution in [0.5, 0.6) is 0 Å². The van der Waals surface area contributed by atoms with Crippen molar-refractivity contribution >= 4 is 34.7 Å². The number of nitrogens with one attached hydrogen (secondary N) is 1. The monoisotopic (exact) mass is 292 g/mol. The Bertz CT molecular complexity index is 673. The molecule has 0 aliphatic carbocycles. The lowest BCUT2D eigenvalue weighted by Gasteiger charge is -2.05.